The van der Waals surface area contributed by atoms with Crippen LogP contribution in [0.1, 0.15) is 11.1 Å². The van der Waals surface area contributed by atoms with Gasteiger partial charge in [-0.1, -0.05) is 91.0 Å². The van der Waals surface area contributed by atoms with Gasteiger partial charge in [0.15, 0.2) is 12.4 Å². The molecular weight excluding hydrogens is 430 g/mol. The van der Waals surface area contributed by atoms with E-state index < -0.39 is 24.1 Å². The normalized spacial score (nSPS) is 10.9. The van der Waals surface area contributed by atoms with E-state index in [-0.39, 0.29) is 0 Å². The summed E-state index contributed by atoms with van der Waals surface area (Å²) in [6.07, 6.45) is 0. The SMILES string of the molecule is O=C(COC(=O)C(O)(c1ccccc1)c1ccccc1)Nc1ccccc1Oc1ccccc1. The molecule has 0 spiro atoms. The fourth-order valence-corrected chi connectivity index (χ4v) is 3.46. The lowest BCUT2D eigenvalue weighted by Gasteiger charge is -2.27. The Hall–Kier alpha value is -4.42. The number of ether oxygens (including phenoxy) is 2. The van der Waals surface area contributed by atoms with Crippen LogP contribution in [0.5, 0.6) is 11.5 Å². The second kappa shape index (κ2) is 10.5. The van der Waals surface area contributed by atoms with E-state index in [0.717, 1.165) is 0 Å². The quantitative estimate of drug-likeness (QED) is 0.371. The Morgan fingerprint density at radius 2 is 1.21 bits per heavy atom. The van der Waals surface area contributed by atoms with Crippen LogP contribution in [-0.4, -0.2) is 23.6 Å². The van der Waals surface area contributed by atoms with Gasteiger partial charge in [0.05, 0.1) is 5.69 Å². The second-order valence-electron chi connectivity index (χ2n) is 7.48. The van der Waals surface area contributed by atoms with Crippen LogP contribution < -0.4 is 10.1 Å². The van der Waals surface area contributed by atoms with Gasteiger partial charge in [-0.05, 0) is 35.4 Å². The number of carbonyl (C=O) groups is 2. The first-order valence-electron chi connectivity index (χ1n) is 10.7. The van der Waals surface area contributed by atoms with E-state index >= 15 is 0 Å². The first-order valence-corrected chi connectivity index (χ1v) is 10.7. The van der Waals surface area contributed by atoms with Crippen molar-refractivity contribution in [2.45, 2.75) is 5.60 Å². The van der Waals surface area contributed by atoms with Gasteiger partial charge in [0, 0.05) is 0 Å². The highest BCUT2D eigenvalue weighted by Gasteiger charge is 2.41. The zero-order chi connectivity index (χ0) is 23.8. The van der Waals surface area contributed by atoms with Crippen LogP contribution in [-0.2, 0) is 19.9 Å². The molecule has 2 N–H and O–H groups in total. The van der Waals surface area contributed by atoms with E-state index in [1.165, 1.54) is 0 Å². The lowest BCUT2D eigenvalue weighted by atomic mass is 9.86. The second-order valence-corrected chi connectivity index (χ2v) is 7.48. The maximum Gasteiger partial charge on any atom is 0.348 e. The highest BCUT2D eigenvalue weighted by atomic mass is 16.6. The molecule has 1 amide bonds. The smallest absolute Gasteiger partial charge is 0.348 e. The highest BCUT2D eigenvalue weighted by molar-refractivity contribution is 5.95. The van der Waals surface area contributed by atoms with Crippen molar-refractivity contribution < 1.29 is 24.2 Å². The van der Waals surface area contributed by atoms with E-state index in [4.69, 9.17) is 9.47 Å². The van der Waals surface area contributed by atoms with Crippen LogP contribution in [0.2, 0.25) is 0 Å². The monoisotopic (exact) mass is 453 g/mol. The van der Waals surface area contributed by atoms with E-state index in [9.17, 15) is 14.7 Å². The number of nitrogens with one attached hydrogen (secondary N) is 1. The van der Waals surface area contributed by atoms with Crippen molar-refractivity contribution in [2.75, 3.05) is 11.9 Å². The van der Waals surface area contributed by atoms with Crippen molar-refractivity contribution in [2.24, 2.45) is 0 Å². The summed E-state index contributed by atoms with van der Waals surface area (Å²) in [5.74, 6) is -0.459. The number of esters is 1. The molecule has 0 aliphatic heterocycles. The van der Waals surface area contributed by atoms with Gasteiger partial charge in [-0.2, -0.15) is 0 Å². The number of anilines is 1. The van der Waals surface area contributed by atoms with Gasteiger partial charge in [0.25, 0.3) is 5.91 Å². The molecule has 0 bridgehead atoms. The average molecular weight is 453 g/mol. The maximum atomic E-state index is 13.1. The molecule has 34 heavy (non-hydrogen) atoms. The molecule has 0 saturated carbocycles. The Bertz CT molecular complexity index is 1200. The first kappa shape index (κ1) is 22.8. The molecule has 6 heteroatoms. The van der Waals surface area contributed by atoms with Crippen molar-refractivity contribution in [3.8, 4) is 11.5 Å². The topological polar surface area (TPSA) is 84.9 Å². The van der Waals surface area contributed by atoms with Crippen LogP contribution in [0.15, 0.2) is 115 Å². The molecule has 4 aromatic carbocycles. The number of carbonyl (C=O) groups excluding carboxylic acids is 2. The van der Waals surface area contributed by atoms with E-state index in [1.807, 2.05) is 18.2 Å². The summed E-state index contributed by atoms with van der Waals surface area (Å²) in [6, 6.07) is 33.0. The number of rotatable bonds is 8. The lowest BCUT2D eigenvalue weighted by molar-refractivity contribution is -0.163. The van der Waals surface area contributed by atoms with E-state index in [0.29, 0.717) is 28.3 Å². The number of para-hydroxylation sites is 3. The van der Waals surface area contributed by atoms with Gasteiger partial charge < -0.3 is 19.9 Å². The van der Waals surface area contributed by atoms with E-state index in [2.05, 4.69) is 5.32 Å². The molecular formula is C28H23NO5. The minimum atomic E-state index is -2.06. The highest BCUT2D eigenvalue weighted by Crippen LogP contribution is 2.31. The average Bonchev–Trinajstić information content (AvgIpc) is 2.89. The minimum absolute atomic E-state index is 0.341. The van der Waals surface area contributed by atoms with Crippen LogP contribution in [0.3, 0.4) is 0 Å². The standard InChI is InChI=1S/C28H23NO5/c30-26(29-24-18-10-11-19-25(24)34-23-16-8-3-9-17-23)20-33-27(31)28(32,21-12-4-1-5-13-21)22-14-6-2-7-15-22/h1-19,32H,20H2,(H,29,30). The number of hydrogen-bond acceptors (Lipinski definition) is 5. The van der Waals surface area contributed by atoms with Gasteiger partial charge in [0.1, 0.15) is 5.75 Å². The van der Waals surface area contributed by atoms with Crippen molar-refractivity contribution in [3.05, 3.63) is 126 Å². The molecule has 0 unspecified atom stereocenters. The Kier molecular flexibility index (Phi) is 7.01. The maximum absolute atomic E-state index is 13.1. The molecule has 0 radical (unpaired) electrons. The summed E-state index contributed by atoms with van der Waals surface area (Å²) in [5, 5.41) is 14.1. The molecule has 0 fully saturated rings. The first-order chi connectivity index (χ1) is 16.6. The molecule has 170 valence electrons. The van der Waals surface area contributed by atoms with E-state index in [1.54, 1.807) is 97.1 Å². The molecule has 0 aliphatic rings. The van der Waals surface area contributed by atoms with Gasteiger partial charge in [-0.25, -0.2) is 4.79 Å². The predicted molar refractivity (Wildman–Crippen MR) is 128 cm³/mol. The zero-order valence-electron chi connectivity index (χ0n) is 18.3. The van der Waals surface area contributed by atoms with Crippen molar-refractivity contribution in [1.29, 1.82) is 0 Å². The Morgan fingerprint density at radius 1 is 0.706 bits per heavy atom. The van der Waals surface area contributed by atoms with Crippen molar-refractivity contribution in [1.82, 2.24) is 0 Å². The lowest BCUT2D eigenvalue weighted by Crippen LogP contribution is -2.39. The summed E-state index contributed by atoms with van der Waals surface area (Å²) in [7, 11) is 0. The minimum Gasteiger partial charge on any atom is -0.455 e. The molecule has 0 heterocycles. The molecule has 0 atom stereocenters. The molecule has 0 aromatic heterocycles. The molecule has 4 rings (SSSR count). The molecule has 6 nitrogen and oxygen atoms in total. The van der Waals surface area contributed by atoms with Gasteiger partial charge in [0.2, 0.25) is 5.60 Å². The molecule has 0 aliphatic carbocycles. The summed E-state index contributed by atoms with van der Waals surface area (Å²) in [5.41, 5.74) is -0.952. The fraction of sp³-hybridized carbons (Fsp3) is 0.0714. The number of hydrogen-bond donors (Lipinski definition) is 2. The number of aliphatic hydroxyl groups is 1. The summed E-state index contributed by atoms with van der Waals surface area (Å²) in [6.45, 7) is -0.583. The van der Waals surface area contributed by atoms with Gasteiger partial charge in [-0.3, -0.25) is 4.79 Å². The summed E-state index contributed by atoms with van der Waals surface area (Å²) >= 11 is 0. The molecule has 4 aromatic rings. The predicted octanol–water partition coefficient (Wildman–Crippen LogP) is 4.90. The Balaban J connectivity index is 1.47. The summed E-state index contributed by atoms with van der Waals surface area (Å²) < 4.78 is 11.1. The van der Waals surface area contributed by atoms with Crippen LogP contribution in [0.4, 0.5) is 5.69 Å². The third-order valence-electron chi connectivity index (χ3n) is 5.15. The number of benzene rings is 4. The van der Waals surface area contributed by atoms with Crippen LogP contribution in [0, 0.1) is 0 Å². The van der Waals surface area contributed by atoms with Crippen LogP contribution >= 0.6 is 0 Å². The Labute approximate surface area is 197 Å². The van der Waals surface area contributed by atoms with Gasteiger partial charge >= 0.3 is 5.97 Å². The third-order valence-corrected chi connectivity index (χ3v) is 5.15. The van der Waals surface area contributed by atoms with Crippen molar-refractivity contribution >= 4 is 17.6 Å². The van der Waals surface area contributed by atoms with Crippen molar-refractivity contribution in [3.63, 3.8) is 0 Å². The third kappa shape index (κ3) is 5.14. The largest absolute Gasteiger partial charge is 0.455 e. The number of amides is 1. The fourth-order valence-electron chi connectivity index (χ4n) is 3.46. The zero-order valence-corrected chi connectivity index (χ0v) is 18.3. The molecule has 0 saturated heterocycles. The van der Waals surface area contributed by atoms with Gasteiger partial charge in [-0.15, -0.1) is 0 Å². The summed E-state index contributed by atoms with van der Waals surface area (Å²) in [4.78, 5) is 25.6. The Morgan fingerprint density at radius 3 is 1.79 bits per heavy atom. The van der Waals surface area contributed by atoms with Crippen LogP contribution in [0.25, 0.3) is 0 Å².